The molecule has 0 saturated carbocycles. The molecule has 0 bridgehead atoms. The van der Waals surface area contributed by atoms with Gasteiger partial charge in [-0.15, -0.1) is 0 Å². The third-order valence-electron chi connectivity index (χ3n) is 4.48. The van der Waals surface area contributed by atoms with E-state index < -0.39 is 10.0 Å². The lowest BCUT2D eigenvalue weighted by atomic mass is 10.2. The second kappa shape index (κ2) is 6.65. The van der Waals surface area contributed by atoms with Gasteiger partial charge in [0.1, 0.15) is 4.90 Å². The van der Waals surface area contributed by atoms with E-state index in [1.807, 2.05) is 0 Å². The molecule has 0 unspecified atom stereocenters. The third-order valence-corrected chi connectivity index (χ3v) is 7.38. The Balaban J connectivity index is 1.87. The lowest BCUT2D eigenvalue weighted by Crippen LogP contribution is -2.42. The molecule has 3 rings (SSSR count). The molecule has 2 aliphatic heterocycles. The van der Waals surface area contributed by atoms with E-state index in [-0.39, 0.29) is 21.0 Å². The molecule has 2 fully saturated rings. The maximum Gasteiger partial charge on any atom is 0.246 e. The van der Waals surface area contributed by atoms with Crippen molar-refractivity contribution in [1.82, 2.24) is 9.21 Å². The van der Waals surface area contributed by atoms with Crippen LogP contribution in [-0.4, -0.2) is 49.8 Å². The molecule has 0 spiro atoms. The monoisotopic (exact) mass is 362 g/mol. The number of hydrogen-bond donors (Lipinski definition) is 0. The zero-order valence-electron chi connectivity index (χ0n) is 12.3. The number of sulfonamides is 1. The van der Waals surface area contributed by atoms with Crippen LogP contribution in [0.25, 0.3) is 0 Å². The summed E-state index contributed by atoms with van der Waals surface area (Å²) in [5.74, 6) is 0. The molecule has 0 aliphatic carbocycles. The first-order valence-corrected chi connectivity index (χ1v) is 9.88. The summed E-state index contributed by atoms with van der Waals surface area (Å²) in [7, 11) is -3.65. The maximum atomic E-state index is 13.0. The van der Waals surface area contributed by atoms with E-state index in [2.05, 4.69) is 4.90 Å². The lowest BCUT2D eigenvalue weighted by Gasteiger charge is -2.28. The van der Waals surface area contributed by atoms with E-state index in [4.69, 9.17) is 23.2 Å². The number of hydrogen-bond acceptors (Lipinski definition) is 3. The fraction of sp³-hybridized carbons (Fsp3) is 0.600. The summed E-state index contributed by atoms with van der Waals surface area (Å²) in [6, 6.07) is 4.84. The summed E-state index contributed by atoms with van der Waals surface area (Å²) >= 11 is 12.2. The van der Waals surface area contributed by atoms with Crippen molar-refractivity contribution in [3.8, 4) is 0 Å². The number of halogens is 2. The van der Waals surface area contributed by atoms with E-state index in [0.717, 1.165) is 32.5 Å². The minimum atomic E-state index is -3.65. The molecule has 122 valence electrons. The highest BCUT2D eigenvalue weighted by Crippen LogP contribution is 2.35. The zero-order valence-corrected chi connectivity index (χ0v) is 14.7. The van der Waals surface area contributed by atoms with E-state index in [9.17, 15) is 8.42 Å². The zero-order chi connectivity index (χ0) is 15.7. The molecular formula is C15H20Cl2N2O2S. The van der Waals surface area contributed by atoms with Crippen molar-refractivity contribution < 1.29 is 8.42 Å². The summed E-state index contributed by atoms with van der Waals surface area (Å²) in [6.07, 6.45) is 4.20. The van der Waals surface area contributed by atoms with Crippen LogP contribution >= 0.6 is 23.2 Å². The topological polar surface area (TPSA) is 40.6 Å². The van der Waals surface area contributed by atoms with E-state index >= 15 is 0 Å². The van der Waals surface area contributed by atoms with Crippen LogP contribution in [0.1, 0.15) is 25.7 Å². The van der Waals surface area contributed by atoms with Gasteiger partial charge in [-0.1, -0.05) is 29.3 Å². The average molecular weight is 363 g/mol. The molecule has 1 aromatic rings. The molecule has 0 aromatic heterocycles. The summed E-state index contributed by atoms with van der Waals surface area (Å²) in [4.78, 5) is 2.40. The Morgan fingerprint density at radius 1 is 1.05 bits per heavy atom. The lowest BCUT2D eigenvalue weighted by molar-refractivity contribution is 0.257. The predicted molar refractivity (Wildman–Crippen MR) is 89.0 cm³/mol. The van der Waals surface area contributed by atoms with Crippen molar-refractivity contribution in [3.05, 3.63) is 28.2 Å². The van der Waals surface area contributed by atoms with Crippen LogP contribution in [0.4, 0.5) is 0 Å². The minimum absolute atomic E-state index is 0.0236. The first-order chi connectivity index (χ1) is 10.5. The van der Waals surface area contributed by atoms with Crippen molar-refractivity contribution in [3.63, 3.8) is 0 Å². The smallest absolute Gasteiger partial charge is 0.246 e. The average Bonchev–Trinajstić information content (AvgIpc) is 3.10. The number of nitrogens with zero attached hydrogens (tertiary/aromatic N) is 2. The summed E-state index contributed by atoms with van der Waals surface area (Å²) in [5.41, 5.74) is 0. The van der Waals surface area contributed by atoms with Gasteiger partial charge in [0.15, 0.2) is 0 Å². The first-order valence-electron chi connectivity index (χ1n) is 7.68. The van der Waals surface area contributed by atoms with Gasteiger partial charge in [-0.05, 0) is 50.9 Å². The minimum Gasteiger partial charge on any atom is -0.302 e. The molecular weight excluding hydrogens is 343 g/mol. The van der Waals surface area contributed by atoms with E-state index in [1.54, 1.807) is 22.5 Å². The third kappa shape index (κ3) is 3.15. The van der Waals surface area contributed by atoms with Gasteiger partial charge in [0.05, 0.1) is 10.0 Å². The Morgan fingerprint density at radius 2 is 1.68 bits per heavy atom. The Hall–Kier alpha value is -0.330. The highest BCUT2D eigenvalue weighted by atomic mass is 35.5. The van der Waals surface area contributed by atoms with Crippen LogP contribution in [0.2, 0.25) is 10.0 Å². The molecule has 1 aromatic carbocycles. The van der Waals surface area contributed by atoms with Gasteiger partial charge in [0.2, 0.25) is 10.0 Å². The van der Waals surface area contributed by atoms with E-state index in [1.165, 1.54) is 12.8 Å². The Morgan fingerprint density at radius 3 is 2.32 bits per heavy atom. The summed E-state index contributed by atoms with van der Waals surface area (Å²) in [5, 5.41) is 0.388. The van der Waals surface area contributed by atoms with Gasteiger partial charge >= 0.3 is 0 Å². The fourth-order valence-electron chi connectivity index (χ4n) is 3.42. The van der Waals surface area contributed by atoms with Crippen LogP contribution in [0.3, 0.4) is 0 Å². The highest BCUT2D eigenvalue weighted by Gasteiger charge is 2.38. The number of benzene rings is 1. The number of rotatable bonds is 4. The largest absolute Gasteiger partial charge is 0.302 e. The van der Waals surface area contributed by atoms with Crippen LogP contribution < -0.4 is 0 Å². The van der Waals surface area contributed by atoms with Crippen LogP contribution in [0.15, 0.2) is 23.1 Å². The Bertz CT molecular complexity index is 625. The Labute approximate surface area is 142 Å². The van der Waals surface area contributed by atoms with Crippen LogP contribution in [0.5, 0.6) is 0 Å². The molecule has 2 aliphatic rings. The quantitative estimate of drug-likeness (QED) is 0.825. The summed E-state index contributed by atoms with van der Waals surface area (Å²) < 4.78 is 27.6. The van der Waals surface area contributed by atoms with Gasteiger partial charge in [-0.25, -0.2) is 8.42 Å². The van der Waals surface area contributed by atoms with Gasteiger partial charge in [-0.2, -0.15) is 4.31 Å². The number of likely N-dealkylation sites (tertiary alicyclic amines) is 1. The second-order valence-corrected chi connectivity index (χ2v) is 8.61. The molecule has 1 atom stereocenters. The van der Waals surface area contributed by atoms with Crippen LogP contribution in [-0.2, 0) is 10.0 Å². The second-order valence-electron chi connectivity index (χ2n) is 5.97. The fourth-order valence-corrected chi connectivity index (χ4v) is 6.20. The van der Waals surface area contributed by atoms with Gasteiger partial charge in [0, 0.05) is 19.1 Å². The van der Waals surface area contributed by atoms with Crippen LogP contribution in [0, 0.1) is 0 Å². The molecule has 0 N–H and O–H groups in total. The van der Waals surface area contributed by atoms with Gasteiger partial charge < -0.3 is 4.90 Å². The molecule has 22 heavy (non-hydrogen) atoms. The van der Waals surface area contributed by atoms with Crippen molar-refractivity contribution in [2.24, 2.45) is 0 Å². The van der Waals surface area contributed by atoms with Crippen molar-refractivity contribution >= 4 is 33.2 Å². The normalized spacial score (nSPS) is 24.2. The maximum absolute atomic E-state index is 13.0. The van der Waals surface area contributed by atoms with Gasteiger partial charge in [0.25, 0.3) is 0 Å². The molecule has 0 amide bonds. The molecule has 0 radical (unpaired) electrons. The van der Waals surface area contributed by atoms with Crippen molar-refractivity contribution in [1.29, 1.82) is 0 Å². The SMILES string of the molecule is O=S(=O)(c1c(Cl)cccc1Cl)N1CCC[C@@H]1CN1CCCC1. The summed E-state index contributed by atoms with van der Waals surface area (Å²) in [6.45, 7) is 3.48. The highest BCUT2D eigenvalue weighted by molar-refractivity contribution is 7.89. The van der Waals surface area contributed by atoms with Gasteiger partial charge in [-0.3, -0.25) is 0 Å². The Kier molecular flexibility index (Phi) is 5.00. The molecule has 2 saturated heterocycles. The van der Waals surface area contributed by atoms with Crippen molar-refractivity contribution in [2.75, 3.05) is 26.2 Å². The molecule has 2 heterocycles. The molecule has 7 heteroatoms. The first kappa shape index (κ1) is 16.5. The molecule has 4 nitrogen and oxygen atoms in total. The van der Waals surface area contributed by atoms with Crippen molar-refractivity contribution in [2.45, 2.75) is 36.6 Å². The standard InChI is InChI=1S/C15H20Cl2N2O2S/c16-13-6-3-7-14(17)15(13)22(20,21)19-10-4-5-12(19)11-18-8-1-2-9-18/h3,6-7,12H,1-2,4-5,8-11H2/t12-/m1/s1. The predicted octanol–water partition coefficient (Wildman–Crippen LogP) is 3.24. The van der Waals surface area contributed by atoms with E-state index in [0.29, 0.717) is 6.54 Å².